The quantitative estimate of drug-likeness (QED) is 0.727. The maximum Gasteiger partial charge on any atom is 0.253 e. The van der Waals surface area contributed by atoms with Crippen LogP contribution in [0.3, 0.4) is 0 Å². The Kier molecular flexibility index (Phi) is 6.85. The first kappa shape index (κ1) is 21.3. The molecule has 2 fully saturated rings. The molecule has 2 aromatic rings. The van der Waals surface area contributed by atoms with Gasteiger partial charge in [0.05, 0.1) is 5.56 Å². The van der Waals surface area contributed by atoms with E-state index in [1.807, 2.05) is 30.3 Å². The first-order valence-corrected chi connectivity index (χ1v) is 11.5. The Morgan fingerprint density at radius 3 is 2.58 bits per heavy atom. The number of pyridine rings is 1. The number of benzene rings is 1. The van der Waals surface area contributed by atoms with E-state index in [4.69, 9.17) is 0 Å². The number of carbonyl (C=O) groups is 2. The summed E-state index contributed by atoms with van der Waals surface area (Å²) in [5.41, 5.74) is 3.20. The first-order chi connectivity index (χ1) is 15.1. The minimum Gasteiger partial charge on any atom is -0.371 e. The van der Waals surface area contributed by atoms with Crippen molar-refractivity contribution in [3.63, 3.8) is 0 Å². The Morgan fingerprint density at radius 1 is 1.10 bits per heavy atom. The zero-order chi connectivity index (χ0) is 21.6. The van der Waals surface area contributed by atoms with E-state index in [0.717, 1.165) is 62.9 Å². The van der Waals surface area contributed by atoms with Gasteiger partial charge in [-0.05, 0) is 61.4 Å². The van der Waals surface area contributed by atoms with Gasteiger partial charge in [0.25, 0.3) is 5.91 Å². The van der Waals surface area contributed by atoms with Crippen LogP contribution in [0.2, 0.25) is 0 Å². The Hall–Kier alpha value is -2.89. The smallest absolute Gasteiger partial charge is 0.253 e. The van der Waals surface area contributed by atoms with Crippen LogP contribution in [0, 0.1) is 11.8 Å². The first-order valence-electron chi connectivity index (χ1n) is 11.5. The second-order valence-electron chi connectivity index (χ2n) is 8.92. The number of anilines is 2. The van der Waals surface area contributed by atoms with Gasteiger partial charge in [0.15, 0.2) is 0 Å². The lowest BCUT2D eigenvalue weighted by molar-refractivity contribution is -0.119. The lowest BCUT2D eigenvalue weighted by Crippen LogP contribution is -2.35. The highest BCUT2D eigenvalue weighted by Crippen LogP contribution is 2.30. The summed E-state index contributed by atoms with van der Waals surface area (Å²) in [6, 6.07) is 9.55. The SMILES string of the molecule is CC1CCN(c2ccc(NC(=O)C3CCCC3)cc2C(=O)NCc2cccnc2)CC1. The van der Waals surface area contributed by atoms with Gasteiger partial charge >= 0.3 is 0 Å². The van der Waals surface area contributed by atoms with Gasteiger partial charge in [-0.3, -0.25) is 14.6 Å². The Balaban J connectivity index is 1.53. The van der Waals surface area contributed by atoms with Gasteiger partial charge in [-0.15, -0.1) is 0 Å². The minimum atomic E-state index is -0.130. The van der Waals surface area contributed by atoms with Crippen molar-refractivity contribution in [3.8, 4) is 0 Å². The molecule has 0 atom stereocenters. The average molecular weight is 421 g/mol. The molecule has 2 heterocycles. The lowest BCUT2D eigenvalue weighted by atomic mass is 9.97. The average Bonchev–Trinajstić information content (AvgIpc) is 3.34. The van der Waals surface area contributed by atoms with Crippen molar-refractivity contribution in [2.45, 2.75) is 52.0 Å². The van der Waals surface area contributed by atoms with Crippen LogP contribution in [-0.4, -0.2) is 29.9 Å². The molecule has 1 aromatic heterocycles. The summed E-state index contributed by atoms with van der Waals surface area (Å²) in [4.78, 5) is 32.2. The molecule has 0 bridgehead atoms. The molecule has 2 N–H and O–H groups in total. The molecule has 1 aromatic carbocycles. The molecule has 4 rings (SSSR count). The van der Waals surface area contributed by atoms with Crippen LogP contribution >= 0.6 is 0 Å². The molecule has 1 aliphatic carbocycles. The number of nitrogens with one attached hydrogen (secondary N) is 2. The molecule has 1 aliphatic heterocycles. The van der Waals surface area contributed by atoms with E-state index < -0.39 is 0 Å². The second-order valence-corrected chi connectivity index (χ2v) is 8.92. The zero-order valence-corrected chi connectivity index (χ0v) is 18.3. The fourth-order valence-corrected chi connectivity index (χ4v) is 4.53. The number of piperidine rings is 1. The van der Waals surface area contributed by atoms with Crippen LogP contribution in [0.1, 0.15) is 61.4 Å². The van der Waals surface area contributed by atoms with Gasteiger partial charge in [0, 0.05) is 49.3 Å². The fourth-order valence-electron chi connectivity index (χ4n) is 4.53. The van der Waals surface area contributed by atoms with Crippen LogP contribution in [0.15, 0.2) is 42.7 Å². The van der Waals surface area contributed by atoms with Crippen molar-refractivity contribution in [2.24, 2.45) is 11.8 Å². The van der Waals surface area contributed by atoms with Crippen molar-refractivity contribution in [1.82, 2.24) is 10.3 Å². The molecule has 1 saturated carbocycles. The molecule has 31 heavy (non-hydrogen) atoms. The van der Waals surface area contributed by atoms with Crippen molar-refractivity contribution in [2.75, 3.05) is 23.3 Å². The van der Waals surface area contributed by atoms with Crippen LogP contribution < -0.4 is 15.5 Å². The molecule has 6 nitrogen and oxygen atoms in total. The molecular weight excluding hydrogens is 388 g/mol. The molecule has 6 heteroatoms. The topological polar surface area (TPSA) is 74.3 Å². The predicted molar refractivity (Wildman–Crippen MR) is 123 cm³/mol. The highest BCUT2D eigenvalue weighted by Gasteiger charge is 2.25. The number of aromatic nitrogens is 1. The molecule has 2 aliphatic rings. The van der Waals surface area contributed by atoms with E-state index in [2.05, 4.69) is 27.4 Å². The van der Waals surface area contributed by atoms with Crippen LogP contribution in [0.4, 0.5) is 11.4 Å². The highest BCUT2D eigenvalue weighted by molar-refractivity contribution is 6.02. The molecule has 0 unspecified atom stereocenters. The molecular formula is C25H32N4O2. The molecule has 0 radical (unpaired) electrons. The Morgan fingerprint density at radius 2 is 1.87 bits per heavy atom. The molecule has 0 spiro atoms. The third-order valence-corrected chi connectivity index (χ3v) is 6.53. The number of hydrogen-bond acceptors (Lipinski definition) is 4. The van der Waals surface area contributed by atoms with E-state index in [1.165, 1.54) is 0 Å². The maximum atomic E-state index is 13.2. The van der Waals surface area contributed by atoms with E-state index in [1.54, 1.807) is 12.4 Å². The van der Waals surface area contributed by atoms with Crippen molar-refractivity contribution >= 4 is 23.2 Å². The predicted octanol–water partition coefficient (Wildman–Crippen LogP) is 4.38. The van der Waals surface area contributed by atoms with E-state index in [0.29, 0.717) is 23.7 Å². The van der Waals surface area contributed by atoms with Crippen molar-refractivity contribution in [1.29, 1.82) is 0 Å². The zero-order valence-electron chi connectivity index (χ0n) is 18.3. The van der Waals surface area contributed by atoms with Gasteiger partial charge in [-0.2, -0.15) is 0 Å². The number of amides is 2. The Bertz CT molecular complexity index is 901. The summed E-state index contributed by atoms with van der Waals surface area (Å²) in [6.45, 7) is 4.58. The summed E-state index contributed by atoms with van der Waals surface area (Å²) < 4.78 is 0. The van der Waals surface area contributed by atoms with Crippen LogP contribution in [0.25, 0.3) is 0 Å². The minimum absolute atomic E-state index is 0.0683. The summed E-state index contributed by atoms with van der Waals surface area (Å²) in [6.07, 6.45) is 9.86. The monoisotopic (exact) mass is 420 g/mol. The molecule has 164 valence electrons. The molecule has 2 amide bonds. The summed E-state index contributed by atoms with van der Waals surface area (Å²) >= 11 is 0. The van der Waals surface area contributed by atoms with Gasteiger partial charge < -0.3 is 15.5 Å². The number of rotatable bonds is 6. The van der Waals surface area contributed by atoms with E-state index >= 15 is 0 Å². The second kappa shape index (κ2) is 9.94. The third kappa shape index (κ3) is 5.43. The largest absolute Gasteiger partial charge is 0.371 e. The maximum absolute atomic E-state index is 13.2. The van der Waals surface area contributed by atoms with Crippen LogP contribution in [-0.2, 0) is 11.3 Å². The normalized spacial score (nSPS) is 17.5. The Labute approximate surface area is 184 Å². The van der Waals surface area contributed by atoms with E-state index in [9.17, 15) is 9.59 Å². The van der Waals surface area contributed by atoms with Gasteiger partial charge in [-0.1, -0.05) is 25.8 Å². The van der Waals surface area contributed by atoms with Gasteiger partial charge in [0.1, 0.15) is 0 Å². The lowest BCUT2D eigenvalue weighted by Gasteiger charge is -2.33. The number of hydrogen-bond donors (Lipinski definition) is 2. The van der Waals surface area contributed by atoms with Gasteiger partial charge in [-0.25, -0.2) is 0 Å². The standard InChI is InChI=1S/C25H32N4O2/c1-18-10-13-29(14-11-18)23-9-8-21(28-24(30)20-6-2-3-7-20)15-22(23)25(31)27-17-19-5-4-12-26-16-19/h4-5,8-9,12,15-16,18,20H,2-3,6-7,10-11,13-14,17H2,1H3,(H,27,31)(H,28,30). The van der Waals surface area contributed by atoms with Crippen molar-refractivity contribution in [3.05, 3.63) is 53.9 Å². The fraction of sp³-hybridized carbons (Fsp3) is 0.480. The highest BCUT2D eigenvalue weighted by atomic mass is 16.2. The third-order valence-electron chi connectivity index (χ3n) is 6.53. The summed E-state index contributed by atoms with van der Waals surface area (Å²) in [5.74, 6) is 0.739. The van der Waals surface area contributed by atoms with Crippen LogP contribution in [0.5, 0.6) is 0 Å². The van der Waals surface area contributed by atoms with Crippen molar-refractivity contribution < 1.29 is 9.59 Å². The van der Waals surface area contributed by atoms with E-state index in [-0.39, 0.29) is 17.7 Å². The summed E-state index contributed by atoms with van der Waals surface area (Å²) in [5, 5.41) is 6.06. The van der Waals surface area contributed by atoms with Gasteiger partial charge in [0.2, 0.25) is 5.91 Å². The number of nitrogens with zero attached hydrogens (tertiary/aromatic N) is 2. The number of carbonyl (C=O) groups excluding carboxylic acids is 2. The summed E-state index contributed by atoms with van der Waals surface area (Å²) in [7, 11) is 0. The molecule has 1 saturated heterocycles.